The molecular formula is C18H33N3. The summed E-state index contributed by atoms with van der Waals surface area (Å²) in [5.41, 5.74) is 1.58. The van der Waals surface area contributed by atoms with Crippen LogP contribution in [-0.4, -0.2) is 22.9 Å². The first kappa shape index (κ1) is 16.5. The van der Waals surface area contributed by atoms with Gasteiger partial charge in [-0.1, -0.05) is 40.5 Å². The Labute approximate surface area is 130 Å². The van der Waals surface area contributed by atoms with Gasteiger partial charge in [0.2, 0.25) is 0 Å². The molecule has 0 radical (unpaired) electrons. The Bertz CT molecular complexity index is 410. The maximum atomic E-state index is 4.86. The van der Waals surface area contributed by atoms with E-state index in [2.05, 4.69) is 50.0 Å². The molecule has 120 valence electrons. The highest BCUT2D eigenvalue weighted by atomic mass is 15.3. The molecule has 1 atom stereocenters. The third-order valence-electron chi connectivity index (χ3n) is 4.86. The molecule has 1 fully saturated rings. The molecule has 21 heavy (non-hydrogen) atoms. The van der Waals surface area contributed by atoms with Crippen molar-refractivity contribution in [3.05, 3.63) is 18.0 Å². The van der Waals surface area contributed by atoms with Crippen LogP contribution in [0.3, 0.4) is 0 Å². The van der Waals surface area contributed by atoms with E-state index < -0.39 is 0 Å². The predicted octanol–water partition coefficient (Wildman–Crippen LogP) is 4.20. The van der Waals surface area contributed by atoms with Crippen molar-refractivity contribution in [1.29, 1.82) is 0 Å². The van der Waals surface area contributed by atoms with Crippen molar-refractivity contribution >= 4 is 0 Å². The monoisotopic (exact) mass is 291 g/mol. The second-order valence-electron chi connectivity index (χ2n) is 7.70. The molecule has 0 saturated heterocycles. The lowest BCUT2D eigenvalue weighted by atomic mass is 9.78. The molecule has 2 rings (SSSR count). The molecule has 1 aliphatic rings. The van der Waals surface area contributed by atoms with Gasteiger partial charge in [-0.3, -0.25) is 4.68 Å². The summed E-state index contributed by atoms with van der Waals surface area (Å²) in [6.07, 6.45) is 9.83. The Morgan fingerprint density at radius 1 is 1.33 bits per heavy atom. The average Bonchev–Trinajstić information content (AvgIpc) is 3.07. The van der Waals surface area contributed by atoms with Gasteiger partial charge in [0.25, 0.3) is 0 Å². The summed E-state index contributed by atoms with van der Waals surface area (Å²) in [6, 6.07) is 2.89. The van der Waals surface area contributed by atoms with Crippen molar-refractivity contribution in [2.45, 2.75) is 72.3 Å². The Morgan fingerprint density at radius 2 is 2.05 bits per heavy atom. The van der Waals surface area contributed by atoms with Gasteiger partial charge in [-0.15, -0.1) is 0 Å². The Kier molecular flexibility index (Phi) is 5.86. The summed E-state index contributed by atoms with van der Waals surface area (Å²) in [5, 5.41) is 8.45. The molecule has 1 heterocycles. The zero-order valence-electron chi connectivity index (χ0n) is 14.4. The van der Waals surface area contributed by atoms with E-state index in [1.54, 1.807) is 0 Å². The lowest BCUT2D eigenvalue weighted by Crippen LogP contribution is -2.34. The van der Waals surface area contributed by atoms with Crippen molar-refractivity contribution in [2.24, 2.45) is 11.3 Å². The van der Waals surface area contributed by atoms with Gasteiger partial charge in [-0.2, -0.15) is 5.10 Å². The van der Waals surface area contributed by atoms with E-state index in [4.69, 9.17) is 5.10 Å². The summed E-state index contributed by atoms with van der Waals surface area (Å²) < 4.78 is 2.22. The molecule has 1 aromatic rings. The van der Waals surface area contributed by atoms with Crippen LogP contribution < -0.4 is 5.32 Å². The van der Waals surface area contributed by atoms with Gasteiger partial charge in [0.1, 0.15) is 0 Å². The van der Waals surface area contributed by atoms with Gasteiger partial charge in [0.15, 0.2) is 0 Å². The van der Waals surface area contributed by atoms with Gasteiger partial charge in [0.05, 0.1) is 11.7 Å². The number of nitrogens with zero attached hydrogens (tertiary/aromatic N) is 2. The third-order valence-corrected chi connectivity index (χ3v) is 4.86. The van der Waals surface area contributed by atoms with Crippen molar-refractivity contribution in [3.8, 4) is 0 Å². The molecule has 0 spiro atoms. The highest BCUT2D eigenvalue weighted by Crippen LogP contribution is 2.31. The lowest BCUT2D eigenvalue weighted by molar-refractivity contribution is 0.229. The van der Waals surface area contributed by atoms with Crippen LogP contribution in [0.4, 0.5) is 0 Å². The fraction of sp³-hybridized carbons (Fsp3) is 0.833. The molecule has 0 aliphatic heterocycles. The lowest BCUT2D eigenvalue weighted by Gasteiger charge is -2.30. The van der Waals surface area contributed by atoms with Gasteiger partial charge < -0.3 is 5.32 Å². The van der Waals surface area contributed by atoms with Crippen molar-refractivity contribution in [3.63, 3.8) is 0 Å². The standard InChI is InChI=1S/C18H33N3/c1-5-11-19-14-15(18(2,3)4)13-16-10-12-21(20-16)17-8-6-7-9-17/h10,12,15,17,19H,5-9,11,13-14H2,1-4H3. The zero-order chi connectivity index (χ0) is 15.3. The number of rotatable bonds is 7. The fourth-order valence-electron chi connectivity index (χ4n) is 3.25. The molecule has 1 saturated carbocycles. The Morgan fingerprint density at radius 3 is 2.67 bits per heavy atom. The van der Waals surface area contributed by atoms with Gasteiger partial charge in [-0.25, -0.2) is 0 Å². The van der Waals surface area contributed by atoms with Crippen LogP contribution in [-0.2, 0) is 6.42 Å². The van der Waals surface area contributed by atoms with Crippen molar-refractivity contribution < 1.29 is 0 Å². The number of hydrogen-bond acceptors (Lipinski definition) is 2. The molecule has 1 aliphatic carbocycles. The zero-order valence-corrected chi connectivity index (χ0v) is 14.4. The molecule has 1 aromatic heterocycles. The van der Waals surface area contributed by atoms with E-state index in [1.165, 1.54) is 37.8 Å². The summed E-state index contributed by atoms with van der Waals surface area (Å²) >= 11 is 0. The smallest absolute Gasteiger partial charge is 0.0628 e. The van der Waals surface area contributed by atoms with Gasteiger partial charge >= 0.3 is 0 Å². The third kappa shape index (κ3) is 4.84. The summed E-state index contributed by atoms with van der Waals surface area (Å²) in [6.45, 7) is 11.5. The van der Waals surface area contributed by atoms with Crippen LogP contribution in [0.2, 0.25) is 0 Å². The molecule has 0 aromatic carbocycles. The summed E-state index contributed by atoms with van der Waals surface area (Å²) in [7, 11) is 0. The van der Waals surface area contributed by atoms with E-state index in [9.17, 15) is 0 Å². The summed E-state index contributed by atoms with van der Waals surface area (Å²) in [4.78, 5) is 0. The van der Waals surface area contributed by atoms with E-state index in [0.29, 0.717) is 17.4 Å². The molecule has 1 N–H and O–H groups in total. The number of aromatic nitrogens is 2. The second kappa shape index (κ2) is 7.44. The number of nitrogens with one attached hydrogen (secondary N) is 1. The van der Waals surface area contributed by atoms with E-state index in [1.807, 2.05) is 0 Å². The first-order valence-corrected chi connectivity index (χ1v) is 8.75. The van der Waals surface area contributed by atoms with Crippen LogP contribution in [0.25, 0.3) is 0 Å². The normalized spacial score (nSPS) is 18.3. The molecule has 0 bridgehead atoms. The minimum Gasteiger partial charge on any atom is -0.316 e. The van der Waals surface area contributed by atoms with E-state index in [-0.39, 0.29) is 0 Å². The van der Waals surface area contributed by atoms with E-state index in [0.717, 1.165) is 19.5 Å². The first-order chi connectivity index (χ1) is 10.0. The summed E-state index contributed by atoms with van der Waals surface area (Å²) in [5.74, 6) is 0.635. The van der Waals surface area contributed by atoms with Crippen LogP contribution >= 0.6 is 0 Å². The highest BCUT2D eigenvalue weighted by Gasteiger charge is 2.26. The topological polar surface area (TPSA) is 29.9 Å². The first-order valence-electron chi connectivity index (χ1n) is 8.75. The second-order valence-corrected chi connectivity index (χ2v) is 7.70. The van der Waals surface area contributed by atoms with E-state index >= 15 is 0 Å². The van der Waals surface area contributed by atoms with Gasteiger partial charge in [-0.05, 0) is 56.2 Å². The maximum absolute atomic E-state index is 4.86. The molecule has 3 heteroatoms. The van der Waals surface area contributed by atoms with Crippen LogP contribution in [0.1, 0.15) is 71.5 Å². The van der Waals surface area contributed by atoms with Gasteiger partial charge in [0, 0.05) is 6.20 Å². The molecule has 0 amide bonds. The fourth-order valence-corrected chi connectivity index (χ4v) is 3.25. The SMILES string of the molecule is CCCNCC(Cc1ccn(C2CCCC2)n1)C(C)(C)C. The average molecular weight is 291 g/mol. The Hall–Kier alpha value is -0.830. The van der Waals surface area contributed by atoms with Crippen molar-refractivity contribution in [2.75, 3.05) is 13.1 Å². The van der Waals surface area contributed by atoms with Crippen LogP contribution in [0.15, 0.2) is 12.3 Å². The molecule has 3 nitrogen and oxygen atoms in total. The largest absolute Gasteiger partial charge is 0.316 e. The molecule has 1 unspecified atom stereocenters. The minimum absolute atomic E-state index is 0.317. The predicted molar refractivity (Wildman–Crippen MR) is 89.5 cm³/mol. The van der Waals surface area contributed by atoms with Crippen LogP contribution in [0.5, 0.6) is 0 Å². The quantitative estimate of drug-likeness (QED) is 0.763. The van der Waals surface area contributed by atoms with Crippen LogP contribution in [0, 0.1) is 11.3 Å². The minimum atomic E-state index is 0.317. The highest BCUT2D eigenvalue weighted by molar-refractivity contribution is 5.03. The van der Waals surface area contributed by atoms with Crippen molar-refractivity contribution in [1.82, 2.24) is 15.1 Å². The Balaban J connectivity index is 1.95. The number of hydrogen-bond donors (Lipinski definition) is 1. The maximum Gasteiger partial charge on any atom is 0.0628 e. The molecular weight excluding hydrogens is 258 g/mol.